The maximum atomic E-state index is 12.8. The highest BCUT2D eigenvalue weighted by Crippen LogP contribution is 2.23. The van der Waals surface area contributed by atoms with Gasteiger partial charge in [-0.3, -0.25) is 0 Å². The first-order valence-corrected chi connectivity index (χ1v) is 12.5. The van der Waals surface area contributed by atoms with E-state index in [1.165, 1.54) is 38.5 Å². The van der Waals surface area contributed by atoms with Gasteiger partial charge in [-0.15, -0.1) is 0 Å². The van der Waals surface area contributed by atoms with Crippen LogP contribution in [0.4, 0.5) is 0 Å². The third-order valence-corrected chi connectivity index (χ3v) is 5.21. The predicted molar refractivity (Wildman–Crippen MR) is 125 cm³/mol. The first-order chi connectivity index (χ1) is 14.5. The van der Waals surface area contributed by atoms with E-state index in [9.17, 15) is 9.59 Å². The molecule has 0 aromatic rings. The lowest BCUT2D eigenvalue weighted by Gasteiger charge is -2.16. The molecule has 0 radical (unpaired) electrons. The Hall–Kier alpha value is -1.32. The van der Waals surface area contributed by atoms with E-state index in [2.05, 4.69) is 34.6 Å². The normalized spacial score (nSPS) is 12.1. The Morgan fingerprint density at radius 3 is 1.50 bits per heavy atom. The van der Waals surface area contributed by atoms with Crippen LogP contribution in [-0.4, -0.2) is 25.2 Å². The fourth-order valence-corrected chi connectivity index (χ4v) is 3.34. The third kappa shape index (κ3) is 14.6. The second-order valence-electron chi connectivity index (χ2n) is 8.76. The van der Waals surface area contributed by atoms with E-state index in [4.69, 9.17) is 9.47 Å². The average Bonchev–Trinajstić information content (AvgIpc) is 2.71. The molecule has 0 bridgehead atoms. The Balaban J connectivity index is 5.10. The minimum Gasteiger partial charge on any atom is -0.462 e. The van der Waals surface area contributed by atoms with Crippen molar-refractivity contribution in [2.45, 2.75) is 125 Å². The summed E-state index contributed by atoms with van der Waals surface area (Å²) in [5.74, 6) is -0.385. The molecule has 0 spiro atoms. The van der Waals surface area contributed by atoms with Crippen molar-refractivity contribution in [3.8, 4) is 0 Å². The number of unbranched alkanes of at least 4 members (excludes halogenated alkanes) is 9. The molecule has 4 heteroatoms. The van der Waals surface area contributed by atoms with Gasteiger partial charge in [0.15, 0.2) is 0 Å². The Bertz CT molecular complexity index is 479. The van der Waals surface area contributed by atoms with E-state index in [1.807, 2.05) is 0 Å². The van der Waals surface area contributed by atoms with Crippen molar-refractivity contribution < 1.29 is 19.1 Å². The first kappa shape index (κ1) is 28.7. The molecule has 0 saturated carbocycles. The van der Waals surface area contributed by atoms with Crippen molar-refractivity contribution in [1.82, 2.24) is 0 Å². The number of hydrogen-bond acceptors (Lipinski definition) is 4. The van der Waals surface area contributed by atoms with E-state index in [0.717, 1.165) is 38.5 Å². The van der Waals surface area contributed by atoms with Gasteiger partial charge in [-0.1, -0.05) is 92.4 Å². The van der Waals surface area contributed by atoms with Gasteiger partial charge < -0.3 is 9.47 Å². The number of rotatable bonds is 19. The molecule has 0 aliphatic rings. The zero-order valence-corrected chi connectivity index (χ0v) is 20.5. The second-order valence-corrected chi connectivity index (χ2v) is 8.76. The summed E-state index contributed by atoms with van der Waals surface area (Å²) in [6.45, 7) is 11.3. The maximum absolute atomic E-state index is 12.8. The van der Waals surface area contributed by atoms with Crippen molar-refractivity contribution in [3.63, 3.8) is 0 Å². The first-order valence-electron chi connectivity index (χ1n) is 12.5. The number of carbonyl (C=O) groups is 2. The maximum Gasteiger partial charge on any atom is 0.334 e. The summed E-state index contributed by atoms with van der Waals surface area (Å²) in [7, 11) is 0. The zero-order chi connectivity index (χ0) is 22.6. The molecule has 0 aliphatic carbocycles. The van der Waals surface area contributed by atoms with Crippen LogP contribution in [0.2, 0.25) is 0 Å². The number of carbonyl (C=O) groups excluding carboxylic acids is 2. The Morgan fingerprint density at radius 2 is 1.03 bits per heavy atom. The summed E-state index contributed by atoms with van der Waals surface area (Å²) in [6, 6.07) is 0. The van der Waals surface area contributed by atoms with Crippen LogP contribution in [0.3, 0.4) is 0 Å². The van der Waals surface area contributed by atoms with Crippen molar-refractivity contribution >= 4 is 11.9 Å². The monoisotopic (exact) mass is 424 g/mol. The highest BCUT2D eigenvalue weighted by molar-refractivity contribution is 6.00. The molecule has 0 unspecified atom stereocenters. The van der Waals surface area contributed by atoms with Gasteiger partial charge >= 0.3 is 11.9 Å². The standard InChI is InChI=1S/C26H48O4/c1-6-9-12-13-14-15-16-17-18-23(25(27)29-19-10-7-2)24(21-22(4)5)26(28)30-20-11-8-3/h22H,6-21H2,1-5H3/b24-23-. The van der Waals surface area contributed by atoms with Crippen LogP contribution in [0.5, 0.6) is 0 Å². The second kappa shape index (κ2) is 19.6. The highest BCUT2D eigenvalue weighted by atomic mass is 16.5. The minimum absolute atomic E-state index is 0.274. The van der Waals surface area contributed by atoms with Crippen LogP contribution in [-0.2, 0) is 19.1 Å². The lowest BCUT2D eigenvalue weighted by molar-refractivity contribution is -0.142. The Kier molecular flexibility index (Phi) is 18.8. The van der Waals surface area contributed by atoms with Crippen LogP contribution in [0.1, 0.15) is 125 Å². The average molecular weight is 425 g/mol. The lowest BCUT2D eigenvalue weighted by Crippen LogP contribution is -2.19. The quantitative estimate of drug-likeness (QED) is 0.122. The van der Waals surface area contributed by atoms with Crippen LogP contribution in [0, 0.1) is 5.92 Å². The van der Waals surface area contributed by atoms with Gasteiger partial charge in [0.05, 0.1) is 13.2 Å². The van der Waals surface area contributed by atoms with Crippen LogP contribution >= 0.6 is 0 Å². The number of ether oxygens (including phenoxy) is 2. The van der Waals surface area contributed by atoms with Gasteiger partial charge in [0, 0.05) is 11.1 Å². The summed E-state index contributed by atoms with van der Waals surface area (Å²) >= 11 is 0. The van der Waals surface area contributed by atoms with Crippen molar-refractivity contribution in [2.75, 3.05) is 13.2 Å². The van der Waals surface area contributed by atoms with Gasteiger partial charge in [0.1, 0.15) is 0 Å². The molecule has 0 heterocycles. The molecule has 0 N–H and O–H groups in total. The summed E-state index contributed by atoms with van der Waals surface area (Å²) in [6.07, 6.45) is 14.4. The molecule has 0 aromatic heterocycles. The molecule has 4 nitrogen and oxygen atoms in total. The molecular weight excluding hydrogens is 376 g/mol. The smallest absolute Gasteiger partial charge is 0.334 e. The third-order valence-electron chi connectivity index (χ3n) is 5.21. The molecule has 0 rings (SSSR count). The van der Waals surface area contributed by atoms with Crippen LogP contribution < -0.4 is 0 Å². The van der Waals surface area contributed by atoms with Crippen molar-refractivity contribution in [2.24, 2.45) is 5.92 Å². The zero-order valence-electron chi connectivity index (χ0n) is 20.5. The lowest BCUT2D eigenvalue weighted by atomic mass is 9.94. The van der Waals surface area contributed by atoms with E-state index in [0.29, 0.717) is 37.2 Å². The largest absolute Gasteiger partial charge is 0.462 e. The van der Waals surface area contributed by atoms with Gasteiger partial charge in [-0.2, -0.15) is 0 Å². The van der Waals surface area contributed by atoms with Gasteiger partial charge in [0.25, 0.3) is 0 Å². The van der Waals surface area contributed by atoms with Gasteiger partial charge in [0.2, 0.25) is 0 Å². The molecule has 0 atom stereocenters. The number of hydrogen-bond donors (Lipinski definition) is 0. The molecule has 0 fully saturated rings. The Morgan fingerprint density at radius 1 is 0.600 bits per heavy atom. The topological polar surface area (TPSA) is 52.6 Å². The molecular formula is C26H48O4. The number of esters is 2. The molecule has 30 heavy (non-hydrogen) atoms. The molecule has 0 aromatic carbocycles. The molecule has 176 valence electrons. The SMILES string of the molecule is CCCCCCCCCC/C(C(=O)OCCCC)=C(\CC(C)C)C(=O)OCCCC. The summed E-state index contributed by atoms with van der Waals surface area (Å²) in [4.78, 5) is 25.6. The molecule has 0 saturated heterocycles. The van der Waals surface area contributed by atoms with Crippen LogP contribution in [0.25, 0.3) is 0 Å². The van der Waals surface area contributed by atoms with Crippen LogP contribution in [0.15, 0.2) is 11.1 Å². The summed E-state index contributed by atoms with van der Waals surface area (Å²) < 4.78 is 11.0. The highest BCUT2D eigenvalue weighted by Gasteiger charge is 2.24. The van der Waals surface area contributed by atoms with Gasteiger partial charge in [-0.05, 0) is 38.0 Å². The van der Waals surface area contributed by atoms with E-state index >= 15 is 0 Å². The Labute approximate surface area is 186 Å². The van der Waals surface area contributed by atoms with Gasteiger partial charge in [-0.25, -0.2) is 9.59 Å². The van der Waals surface area contributed by atoms with E-state index in [-0.39, 0.29) is 17.9 Å². The summed E-state index contributed by atoms with van der Waals surface area (Å²) in [5.41, 5.74) is 1.08. The van der Waals surface area contributed by atoms with E-state index in [1.54, 1.807) is 0 Å². The molecule has 0 amide bonds. The predicted octanol–water partition coefficient (Wildman–Crippen LogP) is 7.55. The van der Waals surface area contributed by atoms with Crippen molar-refractivity contribution in [1.29, 1.82) is 0 Å². The fourth-order valence-electron chi connectivity index (χ4n) is 3.34. The fraction of sp³-hybridized carbons (Fsp3) is 0.846. The van der Waals surface area contributed by atoms with E-state index < -0.39 is 0 Å². The molecule has 0 aliphatic heterocycles. The minimum atomic E-state index is -0.334. The van der Waals surface area contributed by atoms with Crippen molar-refractivity contribution in [3.05, 3.63) is 11.1 Å². The summed E-state index contributed by atoms with van der Waals surface area (Å²) in [5, 5.41) is 0.